The van der Waals surface area contributed by atoms with Crippen LogP contribution in [0.3, 0.4) is 0 Å². The fraction of sp³-hybridized carbons (Fsp3) is 0.500. The summed E-state index contributed by atoms with van der Waals surface area (Å²) in [5.74, 6) is -0.369. The monoisotopic (exact) mass is 504 g/mol. The molecule has 4 rings (SSSR count). The number of likely N-dealkylation sites (tertiary alicyclic amines) is 1. The molecule has 2 aliphatic heterocycles. The highest BCUT2D eigenvalue weighted by Gasteiger charge is 2.31. The average molecular weight is 505 g/mol. The molecule has 2 aliphatic rings. The molecule has 1 fully saturated rings. The molecule has 1 saturated heterocycles. The number of benzene rings is 1. The van der Waals surface area contributed by atoms with E-state index in [0.717, 1.165) is 87.5 Å². The summed E-state index contributed by atoms with van der Waals surface area (Å²) in [5.41, 5.74) is 1.48. The van der Waals surface area contributed by atoms with E-state index < -0.39 is 29.7 Å². The molecule has 1 aromatic heterocycles. The van der Waals surface area contributed by atoms with Crippen molar-refractivity contribution in [2.75, 3.05) is 31.5 Å². The molecule has 0 unspecified atom stereocenters. The molecule has 194 valence electrons. The van der Waals surface area contributed by atoms with Crippen LogP contribution in [-0.4, -0.2) is 59.1 Å². The molecule has 10 heteroatoms. The van der Waals surface area contributed by atoms with Gasteiger partial charge in [0.15, 0.2) is 0 Å². The van der Waals surface area contributed by atoms with E-state index in [1.807, 2.05) is 0 Å². The minimum Gasteiger partial charge on any atom is -0.480 e. The van der Waals surface area contributed by atoms with Gasteiger partial charge in [-0.05, 0) is 86.9 Å². The van der Waals surface area contributed by atoms with Crippen LogP contribution < -0.4 is 10.6 Å². The number of amides is 1. The van der Waals surface area contributed by atoms with E-state index >= 15 is 0 Å². The number of carboxylic acid groups (broad SMARTS) is 1. The van der Waals surface area contributed by atoms with Crippen molar-refractivity contribution >= 4 is 17.7 Å². The highest BCUT2D eigenvalue weighted by Crippen LogP contribution is 2.29. The van der Waals surface area contributed by atoms with E-state index in [0.29, 0.717) is 12.5 Å². The van der Waals surface area contributed by atoms with Gasteiger partial charge in [-0.3, -0.25) is 4.79 Å². The lowest BCUT2D eigenvalue weighted by Gasteiger charge is -2.20. The summed E-state index contributed by atoms with van der Waals surface area (Å²) in [5, 5.41) is 15.3. The van der Waals surface area contributed by atoms with Crippen molar-refractivity contribution in [3.8, 4) is 0 Å². The zero-order valence-corrected chi connectivity index (χ0v) is 20.0. The van der Waals surface area contributed by atoms with Crippen LogP contribution >= 0.6 is 0 Å². The molecule has 0 bridgehead atoms. The number of hydrogen-bond donors (Lipinski definition) is 3. The van der Waals surface area contributed by atoms with Gasteiger partial charge in [0.2, 0.25) is 0 Å². The zero-order chi connectivity index (χ0) is 25.7. The van der Waals surface area contributed by atoms with Crippen molar-refractivity contribution in [3.05, 3.63) is 58.8 Å². The Morgan fingerprint density at radius 1 is 1.19 bits per heavy atom. The van der Waals surface area contributed by atoms with E-state index in [1.54, 1.807) is 0 Å². The predicted octanol–water partition coefficient (Wildman–Crippen LogP) is 3.99. The first kappa shape index (κ1) is 25.9. The Bertz CT molecular complexity index is 1080. The second-order valence-corrected chi connectivity index (χ2v) is 9.56. The van der Waals surface area contributed by atoms with Crippen molar-refractivity contribution in [2.24, 2.45) is 5.92 Å². The van der Waals surface area contributed by atoms with Crippen molar-refractivity contribution in [3.63, 3.8) is 0 Å². The third-order valence-corrected chi connectivity index (χ3v) is 6.94. The van der Waals surface area contributed by atoms with Gasteiger partial charge in [0, 0.05) is 30.9 Å². The summed E-state index contributed by atoms with van der Waals surface area (Å²) in [6, 6.07) is 6.87. The molecule has 2 aromatic rings. The van der Waals surface area contributed by atoms with Crippen LogP contribution in [0.2, 0.25) is 0 Å². The maximum atomic E-state index is 12.7. The normalized spacial score (nSPS) is 18.8. The molecule has 2 atom stereocenters. The first-order chi connectivity index (χ1) is 17.2. The van der Waals surface area contributed by atoms with Gasteiger partial charge in [-0.25, -0.2) is 9.78 Å². The summed E-state index contributed by atoms with van der Waals surface area (Å²) in [6.45, 7) is 3.20. The van der Waals surface area contributed by atoms with Crippen molar-refractivity contribution in [2.45, 2.75) is 50.7 Å². The molecule has 7 nitrogen and oxygen atoms in total. The molecule has 3 heterocycles. The average Bonchev–Trinajstić information content (AvgIpc) is 3.32. The van der Waals surface area contributed by atoms with Crippen molar-refractivity contribution in [1.82, 2.24) is 15.2 Å². The molecule has 0 aliphatic carbocycles. The van der Waals surface area contributed by atoms with Gasteiger partial charge < -0.3 is 20.6 Å². The number of pyridine rings is 1. The maximum Gasteiger partial charge on any atom is 0.416 e. The first-order valence-electron chi connectivity index (χ1n) is 12.3. The van der Waals surface area contributed by atoms with Gasteiger partial charge in [0.25, 0.3) is 5.91 Å². The Morgan fingerprint density at radius 3 is 2.69 bits per heavy atom. The van der Waals surface area contributed by atoms with Gasteiger partial charge in [0.1, 0.15) is 11.9 Å². The minimum atomic E-state index is -4.50. The second-order valence-electron chi connectivity index (χ2n) is 9.56. The lowest BCUT2D eigenvalue weighted by atomic mass is 10.00. The first-order valence-corrected chi connectivity index (χ1v) is 12.3. The Balaban J connectivity index is 1.23. The number of carboxylic acids is 1. The SMILES string of the molecule is O=C(N[C@H](CCN1CC[C@@H](CCc2ccc3c(n2)NCCC3)C1)C(=O)O)c1ccc(C(F)(F)F)cc1. The van der Waals surface area contributed by atoms with Crippen LogP contribution in [0.25, 0.3) is 0 Å². The number of anilines is 1. The Labute approximate surface area is 208 Å². The highest BCUT2D eigenvalue weighted by atomic mass is 19.4. The van der Waals surface area contributed by atoms with Crippen molar-refractivity contribution in [1.29, 1.82) is 0 Å². The zero-order valence-electron chi connectivity index (χ0n) is 20.0. The minimum absolute atomic E-state index is 0.0125. The number of aromatic nitrogens is 1. The quantitative estimate of drug-likeness (QED) is 0.478. The number of halogens is 3. The smallest absolute Gasteiger partial charge is 0.416 e. The Hall–Kier alpha value is -3.14. The second kappa shape index (κ2) is 11.3. The molecule has 1 aromatic carbocycles. The standard InChI is InChI=1S/C26H31F3N4O3/c27-26(28,29)20-7-4-19(5-8-20)24(34)32-22(25(35)36)12-15-33-14-11-17(16-33)3-9-21-10-6-18-2-1-13-30-23(18)31-21/h4-8,10,17,22H,1-3,9,11-16H2,(H,30,31)(H,32,34)(H,35,36)/t17-,22-/m1/s1. The van der Waals surface area contributed by atoms with Gasteiger partial charge in [0.05, 0.1) is 5.56 Å². The van der Waals surface area contributed by atoms with Crippen LogP contribution in [0.15, 0.2) is 36.4 Å². The molecular weight excluding hydrogens is 473 g/mol. The summed E-state index contributed by atoms with van der Waals surface area (Å²) in [6.07, 6.45) is 0.845. The third kappa shape index (κ3) is 6.75. The number of nitrogens with one attached hydrogen (secondary N) is 2. The van der Waals surface area contributed by atoms with Crippen molar-refractivity contribution < 1.29 is 27.9 Å². The predicted molar refractivity (Wildman–Crippen MR) is 129 cm³/mol. The molecule has 0 saturated carbocycles. The van der Waals surface area contributed by atoms with Crippen LogP contribution in [0.5, 0.6) is 0 Å². The van der Waals surface area contributed by atoms with E-state index in [4.69, 9.17) is 4.98 Å². The number of aliphatic carboxylic acids is 1. The topological polar surface area (TPSA) is 94.6 Å². The van der Waals surface area contributed by atoms with Crippen LogP contribution in [0.1, 0.15) is 52.9 Å². The number of hydrogen-bond acceptors (Lipinski definition) is 5. The number of aryl methyl sites for hydroxylation is 2. The van der Waals surface area contributed by atoms with Gasteiger partial charge >= 0.3 is 12.1 Å². The number of nitrogens with zero attached hydrogens (tertiary/aromatic N) is 2. The number of alkyl halides is 3. The molecule has 36 heavy (non-hydrogen) atoms. The van der Waals surface area contributed by atoms with Gasteiger partial charge in [-0.15, -0.1) is 0 Å². The highest BCUT2D eigenvalue weighted by molar-refractivity contribution is 5.96. The lowest BCUT2D eigenvalue weighted by Crippen LogP contribution is -2.43. The fourth-order valence-corrected chi connectivity index (χ4v) is 4.83. The Morgan fingerprint density at radius 2 is 1.97 bits per heavy atom. The number of fused-ring (bicyclic) bond motifs is 1. The Kier molecular flexibility index (Phi) is 8.13. The summed E-state index contributed by atoms with van der Waals surface area (Å²) < 4.78 is 38.2. The molecular formula is C26H31F3N4O3. The van der Waals surface area contributed by atoms with Crippen LogP contribution in [-0.2, 0) is 23.8 Å². The summed E-state index contributed by atoms with van der Waals surface area (Å²) in [7, 11) is 0. The lowest BCUT2D eigenvalue weighted by molar-refractivity contribution is -0.139. The van der Waals surface area contributed by atoms with E-state index in [9.17, 15) is 27.9 Å². The number of carbonyl (C=O) groups excluding carboxylic acids is 1. The maximum absolute atomic E-state index is 12.7. The van der Waals surface area contributed by atoms with E-state index in [1.165, 1.54) is 5.56 Å². The number of rotatable bonds is 9. The summed E-state index contributed by atoms with van der Waals surface area (Å²) >= 11 is 0. The van der Waals surface area contributed by atoms with E-state index in [2.05, 4.69) is 27.7 Å². The van der Waals surface area contributed by atoms with Crippen LogP contribution in [0.4, 0.5) is 19.0 Å². The molecule has 0 radical (unpaired) electrons. The molecule has 0 spiro atoms. The third-order valence-electron chi connectivity index (χ3n) is 6.94. The largest absolute Gasteiger partial charge is 0.480 e. The summed E-state index contributed by atoms with van der Waals surface area (Å²) in [4.78, 5) is 31.0. The molecule has 1 amide bonds. The van der Waals surface area contributed by atoms with Crippen LogP contribution in [0, 0.1) is 5.92 Å². The van der Waals surface area contributed by atoms with Gasteiger partial charge in [-0.1, -0.05) is 6.07 Å². The number of carbonyl (C=O) groups is 2. The van der Waals surface area contributed by atoms with E-state index in [-0.39, 0.29) is 12.0 Å². The fourth-order valence-electron chi connectivity index (χ4n) is 4.83. The van der Waals surface area contributed by atoms with Gasteiger partial charge in [-0.2, -0.15) is 13.2 Å². The molecule has 3 N–H and O–H groups in total.